The normalized spacial score (nSPS) is 15.1. The van der Waals surface area contributed by atoms with Gasteiger partial charge in [0.25, 0.3) is 0 Å². The highest BCUT2D eigenvalue weighted by Gasteiger charge is 2.28. The first kappa shape index (κ1) is 23.6. The number of hydrogen-bond acceptors (Lipinski definition) is 8. The number of aliphatic carboxylic acids is 2. The quantitative estimate of drug-likeness (QED) is 0.162. The molecule has 0 aromatic rings. The van der Waals surface area contributed by atoms with E-state index in [1.165, 1.54) is 6.92 Å². The lowest BCUT2D eigenvalue weighted by molar-refractivity contribution is -0.143. The van der Waals surface area contributed by atoms with Crippen molar-refractivity contribution >= 4 is 42.3 Å². The van der Waals surface area contributed by atoms with E-state index >= 15 is 0 Å². The lowest BCUT2D eigenvalue weighted by Gasteiger charge is -2.20. The van der Waals surface area contributed by atoms with Crippen LogP contribution < -0.4 is 21.7 Å². The molecule has 4 atom stereocenters. The van der Waals surface area contributed by atoms with Crippen LogP contribution in [0.25, 0.3) is 0 Å². The maximum atomic E-state index is 12.0. The zero-order valence-electron chi connectivity index (χ0n) is 13.8. The molecule has 13 heteroatoms. The van der Waals surface area contributed by atoms with Crippen LogP contribution >= 0.6 is 12.6 Å². The summed E-state index contributed by atoms with van der Waals surface area (Å²) in [5, 5.41) is 33.1. The zero-order valence-corrected chi connectivity index (χ0v) is 14.7. The van der Waals surface area contributed by atoms with E-state index in [9.17, 15) is 24.0 Å². The van der Waals surface area contributed by atoms with Crippen molar-refractivity contribution in [3.63, 3.8) is 0 Å². The maximum absolute atomic E-state index is 12.0. The molecule has 0 bridgehead atoms. The number of nitrogens with two attached hydrogens (primary N) is 1. The number of amides is 3. The Bertz CT molecular complexity index is 556. The maximum Gasteiger partial charge on any atom is 0.327 e. The Morgan fingerprint density at radius 2 is 1.62 bits per heavy atom. The van der Waals surface area contributed by atoms with E-state index in [0.29, 0.717) is 0 Å². The largest absolute Gasteiger partial charge is 0.481 e. The number of hydrogen-bond donors (Lipinski definition) is 8. The zero-order chi connectivity index (χ0) is 20.4. The number of aliphatic hydroxyl groups excluding tert-OH is 1. The molecule has 26 heavy (non-hydrogen) atoms. The highest BCUT2D eigenvalue weighted by molar-refractivity contribution is 7.80. The lowest BCUT2D eigenvalue weighted by Crippen LogP contribution is -2.55. The molecule has 12 nitrogen and oxygen atoms in total. The number of carboxylic acid groups (broad SMARTS) is 2. The van der Waals surface area contributed by atoms with Crippen molar-refractivity contribution in [3.8, 4) is 0 Å². The number of thiol groups is 1. The average molecular weight is 394 g/mol. The highest BCUT2D eigenvalue weighted by atomic mass is 32.1. The van der Waals surface area contributed by atoms with E-state index in [2.05, 4.69) is 23.3 Å². The van der Waals surface area contributed by atoms with Gasteiger partial charge in [-0.3, -0.25) is 19.2 Å². The van der Waals surface area contributed by atoms with Crippen molar-refractivity contribution in [2.24, 2.45) is 5.73 Å². The van der Waals surface area contributed by atoms with Crippen LogP contribution in [0.15, 0.2) is 0 Å². The summed E-state index contributed by atoms with van der Waals surface area (Å²) in [6.07, 6.45) is -1.96. The fraction of sp³-hybridized carbons (Fsp3) is 0.615. The van der Waals surface area contributed by atoms with Gasteiger partial charge in [-0.25, -0.2) is 4.79 Å². The first-order valence-corrected chi connectivity index (χ1v) is 7.99. The van der Waals surface area contributed by atoms with Crippen LogP contribution in [0.2, 0.25) is 0 Å². The molecule has 0 aromatic carbocycles. The molecule has 0 aromatic heterocycles. The molecule has 3 amide bonds. The summed E-state index contributed by atoms with van der Waals surface area (Å²) >= 11 is 3.75. The van der Waals surface area contributed by atoms with Gasteiger partial charge in [0.1, 0.15) is 18.1 Å². The molecule has 0 fully saturated rings. The molecule has 4 unspecified atom stereocenters. The van der Waals surface area contributed by atoms with E-state index in [0.717, 1.165) is 0 Å². The first-order valence-electron chi connectivity index (χ1n) is 7.36. The summed E-state index contributed by atoms with van der Waals surface area (Å²) in [6, 6.07) is -4.21. The molecule has 0 spiro atoms. The van der Waals surface area contributed by atoms with Gasteiger partial charge in [0.05, 0.1) is 19.1 Å². The standard InChI is InChI=1S/C13H22N4O8S/c1-5(18)10(14)12(23)15-3-8(19)16-6(2-9(20)21)11(22)17-7(4-26)13(24)25/h5-7,10,18,26H,2-4,14H2,1H3,(H,15,23)(H,16,19)(H,17,22)(H,20,21)(H,24,25). The average Bonchev–Trinajstić information content (AvgIpc) is 2.54. The smallest absolute Gasteiger partial charge is 0.327 e. The van der Waals surface area contributed by atoms with E-state index in [1.807, 2.05) is 5.32 Å². The number of nitrogens with one attached hydrogen (secondary N) is 3. The minimum atomic E-state index is -1.57. The molecule has 0 saturated heterocycles. The number of carboxylic acids is 2. The molecule has 0 heterocycles. The molecule has 0 rings (SSSR count). The monoisotopic (exact) mass is 394 g/mol. The van der Waals surface area contributed by atoms with E-state index in [4.69, 9.17) is 21.1 Å². The Morgan fingerprint density at radius 1 is 1.04 bits per heavy atom. The summed E-state index contributed by atoms with van der Waals surface area (Å²) in [6.45, 7) is 0.648. The van der Waals surface area contributed by atoms with Gasteiger partial charge in [0, 0.05) is 5.75 Å². The first-order chi connectivity index (χ1) is 12.0. The summed E-state index contributed by atoms with van der Waals surface area (Å²) in [7, 11) is 0. The van der Waals surface area contributed by atoms with Gasteiger partial charge in [-0.05, 0) is 6.92 Å². The lowest BCUT2D eigenvalue weighted by atomic mass is 10.1. The van der Waals surface area contributed by atoms with Crippen LogP contribution in [-0.4, -0.2) is 81.5 Å². The Morgan fingerprint density at radius 3 is 2.04 bits per heavy atom. The van der Waals surface area contributed by atoms with Crippen molar-refractivity contribution in [3.05, 3.63) is 0 Å². The van der Waals surface area contributed by atoms with Crippen molar-refractivity contribution in [1.82, 2.24) is 16.0 Å². The van der Waals surface area contributed by atoms with Gasteiger partial charge in [0.2, 0.25) is 17.7 Å². The van der Waals surface area contributed by atoms with Crippen LogP contribution in [-0.2, 0) is 24.0 Å². The summed E-state index contributed by atoms with van der Waals surface area (Å²) in [5.41, 5.74) is 5.36. The van der Waals surface area contributed by atoms with E-state index in [-0.39, 0.29) is 5.75 Å². The van der Waals surface area contributed by atoms with Crippen LogP contribution in [0.5, 0.6) is 0 Å². The second-order valence-electron chi connectivity index (χ2n) is 5.28. The Labute approximate surface area is 153 Å². The Kier molecular flexibility index (Phi) is 10.2. The Hall–Kier alpha value is -2.38. The van der Waals surface area contributed by atoms with Gasteiger partial charge in [0.15, 0.2) is 0 Å². The number of carbonyl (C=O) groups is 5. The molecule has 0 aliphatic rings. The van der Waals surface area contributed by atoms with Crippen molar-refractivity contribution in [2.45, 2.75) is 37.6 Å². The third-order valence-electron chi connectivity index (χ3n) is 3.07. The fourth-order valence-corrected chi connectivity index (χ4v) is 1.84. The third kappa shape index (κ3) is 8.64. The molecule has 0 radical (unpaired) electrons. The number of aliphatic hydroxyl groups is 1. The predicted octanol–water partition coefficient (Wildman–Crippen LogP) is -3.73. The van der Waals surface area contributed by atoms with Crippen LogP contribution in [0.1, 0.15) is 13.3 Å². The minimum Gasteiger partial charge on any atom is -0.481 e. The minimum absolute atomic E-state index is 0.248. The van der Waals surface area contributed by atoms with E-state index in [1.54, 1.807) is 0 Å². The topological polar surface area (TPSA) is 208 Å². The number of carbonyl (C=O) groups excluding carboxylic acids is 3. The second kappa shape index (κ2) is 11.3. The molecule has 0 aliphatic heterocycles. The van der Waals surface area contributed by atoms with Gasteiger partial charge in [-0.15, -0.1) is 0 Å². The molecule has 148 valence electrons. The molecule has 0 aliphatic carbocycles. The highest BCUT2D eigenvalue weighted by Crippen LogP contribution is 1.97. The number of rotatable bonds is 11. The fourth-order valence-electron chi connectivity index (χ4n) is 1.59. The third-order valence-corrected chi connectivity index (χ3v) is 3.44. The molecular weight excluding hydrogens is 372 g/mol. The molecule has 0 saturated carbocycles. The van der Waals surface area contributed by atoms with Crippen molar-refractivity contribution in [1.29, 1.82) is 0 Å². The Balaban J connectivity index is 4.81. The molecular formula is C13H22N4O8S. The van der Waals surface area contributed by atoms with Crippen molar-refractivity contribution in [2.75, 3.05) is 12.3 Å². The summed E-state index contributed by atoms with van der Waals surface area (Å²) in [5.74, 6) is -5.81. The predicted molar refractivity (Wildman–Crippen MR) is 90.3 cm³/mol. The van der Waals surface area contributed by atoms with Crippen molar-refractivity contribution < 1.29 is 39.3 Å². The van der Waals surface area contributed by atoms with Crippen LogP contribution in [0.4, 0.5) is 0 Å². The molecule has 8 N–H and O–H groups in total. The van der Waals surface area contributed by atoms with Crippen LogP contribution in [0.3, 0.4) is 0 Å². The summed E-state index contributed by atoms with van der Waals surface area (Å²) in [4.78, 5) is 57.0. The second-order valence-corrected chi connectivity index (χ2v) is 5.65. The summed E-state index contributed by atoms with van der Waals surface area (Å²) < 4.78 is 0. The van der Waals surface area contributed by atoms with Crippen LogP contribution in [0, 0.1) is 0 Å². The SMILES string of the molecule is CC(O)C(N)C(=O)NCC(=O)NC(CC(=O)O)C(=O)NC(CS)C(=O)O. The van der Waals surface area contributed by atoms with Gasteiger partial charge in [-0.2, -0.15) is 12.6 Å². The van der Waals surface area contributed by atoms with E-state index < -0.39 is 66.9 Å². The van der Waals surface area contributed by atoms with Gasteiger partial charge < -0.3 is 37.0 Å². The van der Waals surface area contributed by atoms with Gasteiger partial charge >= 0.3 is 11.9 Å². The van der Waals surface area contributed by atoms with Gasteiger partial charge in [-0.1, -0.05) is 0 Å².